The van der Waals surface area contributed by atoms with Crippen molar-refractivity contribution in [3.8, 4) is 11.3 Å². The Labute approximate surface area is 207 Å². The zero-order chi connectivity index (χ0) is 24.8. The second-order valence-electron chi connectivity index (χ2n) is 9.28. The van der Waals surface area contributed by atoms with Crippen molar-refractivity contribution in [3.63, 3.8) is 0 Å². The summed E-state index contributed by atoms with van der Waals surface area (Å²) >= 11 is 0. The number of amides is 2. The summed E-state index contributed by atoms with van der Waals surface area (Å²) in [5, 5.41) is 11.5. The molecule has 186 valence electrons. The Bertz CT molecular complexity index is 1470. The van der Waals surface area contributed by atoms with E-state index in [4.69, 9.17) is 9.72 Å². The highest BCUT2D eigenvalue weighted by Gasteiger charge is 2.33. The molecule has 0 bridgehead atoms. The van der Waals surface area contributed by atoms with Crippen LogP contribution in [0, 0.1) is 0 Å². The average Bonchev–Trinajstić information content (AvgIpc) is 3.42. The van der Waals surface area contributed by atoms with Crippen LogP contribution in [0.1, 0.15) is 29.6 Å². The first kappa shape index (κ1) is 22.5. The number of rotatable bonds is 7. The van der Waals surface area contributed by atoms with Crippen LogP contribution in [-0.4, -0.2) is 80.3 Å². The van der Waals surface area contributed by atoms with Crippen LogP contribution in [0.2, 0.25) is 0 Å². The standard InChI is InChI=1S/C25H28N8O3/c1-26-21-11-19(29-24-16(12-28-33(21)24)25(35)30-18-6-7-20(18)36-2)17-13-32(14-22(34)31-9-4-10-31)23-15(17)5-3-8-27-23/h3,5,8,11-13,18,20,26H,4,6-7,9-10,14H2,1-2H3,(H,30,35)/t18-,20-/m0/s1. The largest absolute Gasteiger partial charge is 0.379 e. The van der Waals surface area contributed by atoms with Gasteiger partial charge in [0.15, 0.2) is 5.65 Å². The fraction of sp³-hybridized carbons (Fsp3) is 0.400. The maximum atomic E-state index is 13.1. The Hall–Kier alpha value is -3.99. The van der Waals surface area contributed by atoms with Gasteiger partial charge in [0.25, 0.3) is 5.91 Å². The van der Waals surface area contributed by atoms with Gasteiger partial charge in [-0.3, -0.25) is 9.59 Å². The molecular weight excluding hydrogens is 460 g/mol. The fourth-order valence-corrected chi connectivity index (χ4v) is 4.86. The van der Waals surface area contributed by atoms with Crippen LogP contribution in [0.3, 0.4) is 0 Å². The van der Waals surface area contributed by atoms with E-state index in [0.29, 0.717) is 22.7 Å². The summed E-state index contributed by atoms with van der Waals surface area (Å²) < 4.78 is 8.92. The topological polar surface area (TPSA) is 119 Å². The number of aromatic nitrogens is 5. The lowest BCUT2D eigenvalue weighted by Crippen LogP contribution is -2.51. The Kier molecular flexibility index (Phi) is 5.56. The normalized spacial score (nSPS) is 19.2. The van der Waals surface area contributed by atoms with E-state index in [2.05, 4.69) is 20.7 Å². The van der Waals surface area contributed by atoms with Gasteiger partial charge in [-0.1, -0.05) is 0 Å². The number of methoxy groups -OCH3 is 1. The molecule has 2 fully saturated rings. The molecule has 1 saturated carbocycles. The van der Waals surface area contributed by atoms with E-state index >= 15 is 0 Å². The van der Waals surface area contributed by atoms with Crippen LogP contribution in [0.5, 0.6) is 0 Å². The molecule has 1 saturated heterocycles. The zero-order valence-corrected chi connectivity index (χ0v) is 20.3. The predicted molar refractivity (Wildman–Crippen MR) is 134 cm³/mol. The van der Waals surface area contributed by atoms with Crippen molar-refractivity contribution in [2.24, 2.45) is 0 Å². The first-order valence-corrected chi connectivity index (χ1v) is 12.2. The Morgan fingerprint density at radius 1 is 1.22 bits per heavy atom. The van der Waals surface area contributed by atoms with E-state index in [1.54, 1.807) is 31.1 Å². The molecule has 11 heteroatoms. The molecule has 5 heterocycles. The number of nitrogens with zero attached hydrogens (tertiary/aromatic N) is 6. The zero-order valence-electron chi connectivity index (χ0n) is 20.3. The second kappa shape index (κ2) is 8.90. The van der Waals surface area contributed by atoms with Crippen LogP contribution >= 0.6 is 0 Å². The second-order valence-corrected chi connectivity index (χ2v) is 9.28. The smallest absolute Gasteiger partial charge is 0.257 e. The van der Waals surface area contributed by atoms with E-state index in [0.717, 1.165) is 48.9 Å². The van der Waals surface area contributed by atoms with Gasteiger partial charge in [0.1, 0.15) is 23.6 Å². The number of anilines is 1. The average molecular weight is 489 g/mol. The summed E-state index contributed by atoms with van der Waals surface area (Å²) in [6, 6.07) is 5.71. The van der Waals surface area contributed by atoms with Gasteiger partial charge in [0.05, 0.1) is 24.0 Å². The molecule has 1 aliphatic carbocycles. The first-order valence-electron chi connectivity index (χ1n) is 12.2. The van der Waals surface area contributed by atoms with E-state index in [9.17, 15) is 9.59 Å². The van der Waals surface area contributed by atoms with Crippen molar-refractivity contribution in [3.05, 3.63) is 42.4 Å². The quantitative estimate of drug-likeness (QED) is 0.408. The number of ether oxygens (including phenoxy) is 1. The van der Waals surface area contributed by atoms with E-state index in [1.165, 1.54) is 0 Å². The molecule has 0 unspecified atom stereocenters. The van der Waals surface area contributed by atoms with E-state index < -0.39 is 0 Å². The van der Waals surface area contributed by atoms with Crippen molar-refractivity contribution in [1.29, 1.82) is 0 Å². The van der Waals surface area contributed by atoms with Crippen LogP contribution < -0.4 is 10.6 Å². The van der Waals surface area contributed by atoms with Gasteiger partial charge in [0.2, 0.25) is 5.91 Å². The van der Waals surface area contributed by atoms with Crippen molar-refractivity contribution in [2.45, 2.75) is 38.0 Å². The lowest BCUT2D eigenvalue weighted by molar-refractivity contribution is -0.135. The van der Waals surface area contributed by atoms with Gasteiger partial charge >= 0.3 is 0 Å². The minimum atomic E-state index is -0.229. The number of hydrogen-bond donors (Lipinski definition) is 2. The molecule has 2 N–H and O–H groups in total. The van der Waals surface area contributed by atoms with Crippen molar-refractivity contribution < 1.29 is 14.3 Å². The lowest BCUT2D eigenvalue weighted by atomic mass is 9.89. The van der Waals surface area contributed by atoms with Gasteiger partial charge in [-0.2, -0.15) is 9.61 Å². The molecule has 0 aromatic carbocycles. The highest BCUT2D eigenvalue weighted by molar-refractivity contribution is 6.01. The predicted octanol–water partition coefficient (Wildman–Crippen LogP) is 1.93. The number of hydrogen-bond acceptors (Lipinski definition) is 7. The van der Waals surface area contributed by atoms with Crippen LogP contribution in [-0.2, 0) is 16.1 Å². The molecule has 4 aromatic rings. The number of fused-ring (bicyclic) bond motifs is 2. The minimum absolute atomic E-state index is 0.0163. The Morgan fingerprint density at radius 3 is 2.78 bits per heavy atom. The first-order chi connectivity index (χ1) is 17.6. The third-order valence-electron chi connectivity index (χ3n) is 7.23. The van der Waals surface area contributed by atoms with Crippen molar-refractivity contribution in [2.75, 3.05) is 32.6 Å². The number of likely N-dealkylation sites (tertiary alicyclic amines) is 1. The summed E-state index contributed by atoms with van der Waals surface area (Å²) in [4.78, 5) is 37.1. The Balaban J connectivity index is 1.40. The van der Waals surface area contributed by atoms with Crippen LogP contribution in [0.25, 0.3) is 27.9 Å². The third kappa shape index (κ3) is 3.67. The summed E-state index contributed by atoms with van der Waals surface area (Å²) in [7, 11) is 3.46. The van der Waals surface area contributed by atoms with Gasteiger partial charge in [0, 0.05) is 56.7 Å². The lowest BCUT2D eigenvalue weighted by Gasteiger charge is -2.35. The molecule has 2 atom stereocenters. The van der Waals surface area contributed by atoms with Crippen molar-refractivity contribution in [1.82, 2.24) is 34.4 Å². The Morgan fingerprint density at radius 2 is 2.08 bits per heavy atom. The molecule has 2 amide bonds. The molecule has 4 aromatic heterocycles. The summed E-state index contributed by atoms with van der Waals surface area (Å²) in [6.45, 7) is 1.83. The number of carbonyl (C=O) groups is 2. The molecule has 1 aliphatic heterocycles. The number of nitrogens with one attached hydrogen (secondary N) is 2. The van der Waals surface area contributed by atoms with Crippen LogP contribution in [0.15, 0.2) is 36.8 Å². The van der Waals surface area contributed by atoms with Crippen molar-refractivity contribution >= 4 is 34.3 Å². The van der Waals surface area contributed by atoms with Gasteiger partial charge in [-0.25, -0.2) is 9.97 Å². The van der Waals surface area contributed by atoms with E-state index in [1.807, 2.05) is 33.9 Å². The van der Waals surface area contributed by atoms with E-state index in [-0.39, 0.29) is 30.5 Å². The molecule has 6 rings (SSSR count). The maximum absolute atomic E-state index is 13.1. The summed E-state index contributed by atoms with van der Waals surface area (Å²) in [6.07, 6.45) is 8.07. The van der Waals surface area contributed by atoms with Gasteiger partial charge < -0.3 is 24.8 Å². The highest BCUT2D eigenvalue weighted by Crippen LogP contribution is 2.31. The molecule has 36 heavy (non-hydrogen) atoms. The van der Waals surface area contributed by atoms with Gasteiger partial charge in [-0.15, -0.1) is 0 Å². The summed E-state index contributed by atoms with van der Waals surface area (Å²) in [5.41, 5.74) is 3.05. The summed E-state index contributed by atoms with van der Waals surface area (Å²) in [5.74, 6) is 0.538. The fourth-order valence-electron chi connectivity index (χ4n) is 4.86. The minimum Gasteiger partial charge on any atom is -0.379 e. The number of pyridine rings is 1. The molecule has 2 aliphatic rings. The van der Waals surface area contributed by atoms with Crippen LogP contribution in [0.4, 0.5) is 5.82 Å². The SMILES string of the molecule is CNc1cc(-c2cn(CC(=O)N3CCC3)c3ncccc23)nc2c(C(=O)N[C@H]3CC[C@@H]3OC)cnn12. The highest BCUT2D eigenvalue weighted by atomic mass is 16.5. The third-order valence-corrected chi connectivity index (χ3v) is 7.23. The monoisotopic (exact) mass is 488 g/mol. The molecular formula is C25H28N8O3. The molecule has 0 radical (unpaired) electrons. The molecule has 11 nitrogen and oxygen atoms in total. The maximum Gasteiger partial charge on any atom is 0.257 e. The number of carbonyl (C=O) groups excluding carboxylic acids is 2. The van der Waals surface area contributed by atoms with Gasteiger partial charge in [-0.05, 0) is 31.4 Å². The molecule has 0 spiro atoms.